The molecule has 0 unspecified atom stereocenters. The molecule has 4 nitrogen and oxygen atoms in total. The molecule has 0 saturated carbocycles. The van der Waals surface area contributed by atoms with E-state index in [1.165, 1.54) is 5.56 Å². The average Bonchev–Trinajstić information content (AvgIpc) is 2.50. The van der Waals surface area contributed by atoms with E-state index in [4.69, 9.17) is 9.47 Å². The van der Waals surface area contributed by atoms with Crippen molar-refractivity contribution >= 4 is 34.2 Å². The quantitative estimate of drug-likeness (QED) is 0.731. The van der Waals surface area contributed by atoms with Crippen LogP contribution >= 0.6 is 22.6 Å². The lowest BCUT2D eigenvalue weighted by Gasteiger charge is -2.12. The molecular weight excluding hydrogens is 393 g/mol. The van der Waals surface area contributed by atoms with Gasteiger partial charge >= 0.3 is 0 Å². The molecule has 0 heterocycles. The summed E-state index contributed by atoms with van der Waals surface area (Å²) in [4.78, 5) is 12.0. The number of benzene rings is 2. The molecule has 0 aromatic heterocycles. The van der Waals surface area contributed by atoms with Gasteiger partial charge in [-0.05, 0) is 66.3 Å². The van der Waals surface area contributed by atoms with E-state index < -0.39 is 0 Å². The molecular formula is C17H18INO3. The first-order chi connectivity index (χ1) is 10.6. The number of amides is 1. The molecule has 0 aliphatic carbocycles. The molecule has 0 atom stereocenters. The molecule has 2 rings (SSSR count). The highest BCUT2D eigenvalue weighted by atomic mass is 127. The second-order valence-electron chi connectivity index (χ2n) is 4.68. The topological polar surface area (TPSA) is 47.6 Å². The lowest BCUT2D eigenvalue weighted by Crippen LogP contribution is -2.20. The molecule has 2 aromatic carbocycles. The zero-order chi connectivity index (χ0) is 15.9. The smallest absolute Gasteiger partial charge is 0.262 e. The second kappa shape index (κ2) is 8.03. The van der Waals surface area contributed by atoms with Gasteiger partial charge in [0.25, 0.3) is 5.91 Å². The van der Waals surface area contributed by atoms with Crippen molar-refractivity contribution in [1.29, 1.82) is 0 Å². The molecule has 0 fully saturated rings. The third-order valence-electron chi connectivity index (χ3n) is 2.96. The number of anilines is 1. The van der Waals surface area contributed by atoms with Gasteiger partial charge in [-0.2, -0.15) is 0 Å². The number of hydrogen-bond donors (Lipinski definition) is 1. The summed E-state index contributed by atoms with van der Waals surface area (Å²) in [5.41, 5.74) is 1.95. The molecule has 2 aromatic rings. The number of halogens is 1. The van der Waals surface area contributed by atoms with E-state index in [9.17, 15) is 4.79 Å². The first kappa shape index (κ1) is 16.6. The number of carbonyl (C=O) groups is 1. The van der Waals surface area contributed by atoms with E-state index >= 15 is 0 Å². The summed E-state index contributed by atoms with van der Waals surface area (Å²) in [5, 5.41) is 2.82. The van der Waals surface area contributed by atoms with Crippen LogP contribution in [0.2, 0.25) is 0 Å². The van der Waals surface area contributed by atoms with Crippen molar-refractivity contribution in [3.8, 4) is 11.5 Å². The number of hydrogen-bond acceptors (Lipinski definition) is 3. The molecule has 0 aliphatic heterocycles. The van der Waals surface area contributed by atoms with E-state index in [0.29, 0.717) is 18.1 Å². The first-order valence-electron chi connectivity index (χ1n) is 7.00. The standard InChI is InChI=1S/C17H18INO3/c1-3-21-15-6-4-5-7-16(15)22-11-17(20)19-13-9-8-12(2)14(18)10-13/h4-10H,3,11H2,1-2H3,(H,19,20). The van der Waals surface area contributed by atoms with Crippen molar-refractivity contribution in [3.63, 3.8) is 0 Å². The number of aryl methyl sites for hydroxylation is 1. The molecule has 1 N–H and O–H groups in total. The van der Waals surface area contributed by atoms with Gasteiger partial charge in [-0.15, -0.1) is 0 Å². The highest BCUT2D eigenvalue weighted by Gasteiger charge is 2.08. The van der Waals surface area contributed by atoms with Crippen LogP contribution in [0.25, 0.3) is 0 Å². The van der Waals surface area contributed by atoms with E-state index in [2.05, 4.69) is 27.9 Å². The second-order valence-corrected chi connectivity index (χ2v) is 5.84. The van der Waals surface area contributed by atoms with E-state index in [0.717, 1.165) is 9.26 Å². The van der Waals surface area contributed by atoms with Gasteiger partial charge < -0.3 is 14.8 Å². The van der Waals surface area contributed by atoms with Crippen molar-refractivity contribution in [1.82, 2.24) is 0 Å². The van der Waals surface area contributed by atoms with Crippen LogP contribution in [0.1, 0.15) is 12.5 Å². The zero-order valence-electron chi connectivity index (χ0n) is 12.6. The molecule has 22 heavy (non-hydrogen) atoms. The largest absolute Gasteiger partial charge is 0.490 e. The van der Waals surface area contributed by atoms with Crippen LogP contribution in [0.4, 0.5) is 5.69 Å². The lowest BCUT2D eigenvalue weighted by atomic mass is 10.2. The number of nitrogens with one attached hydrogen (secondary N) is 1. The number of carbonyl (C=O) groups excluding carboxylic acids is 1. The molecule has 0 spiro atoms. The molecule has 0 aliphatic rings. The molecule has 0 bridgehead atoms. The fourth-order valence-corrected chi connectivity index (χ4v) is 2.37. The van der Waals surface area contributed by atoms with E-state index in [1.54, 1.807) is 6.07 Å². The molecule has 1 amide bonds. The Morgan fingerprint density at radius 2 is 1.82 bits per heavy atom. The van der Waals surface area contributed by atoms with Crippen LogP contribution in [0, 0.1) is 10.5 Å². The highest BCUT2D eigenvalue weighted by molar-refractivity contribution is 14.1. The SMILES string of the molecule is CCOc1ccccc1OCC(=O)Nc1ccc(C)c(I)c1. The van der Waals surface area contributed by atoms with Crippen molar-refractivity contribution in [3.05, 3.63) is 51.6 Å². The van der Waals surface area contributed by atoms with Crippen LogP contribution in [0.15, 0.2) is 42.5 Å². The summed E-state index contributed by atoms with van der Waals surface area (Å²) in [7, 11) is 0. The minimum absolute atomic E-state index is 0.0610. The summed E-state index contributed by atoms with van der Waals surface area (Å²) >= 11 is 2.24. The third kappa shape index (κ3) is 4.62. The van der Waals surface area contributed by atoms with Gasteiger partial charge in [-0.1, -0.05) is 18.2 Å². The lowest BCUT2D eigenvalue weighted by molar-refractivity contribution is -0.118. The van der Waals surface area contributed by atoms with E-state index in [1.807, 2.05) is 50.2 Å². The van der Waals surface area contributed by atoms with Gasteiger partial charge in [0.2, 0.25) is 0 Å². The van der Waals surface area contributed by atoms with E-state index in [-0.39, 0.29) is 12.5 Å². The Kier molecular flexibility index (Phi) is 6.06. The molecule has 0 radical (unpaired) electrons. The Morgan fingerprint density at radius 3 is 2.45 bits per heavy atom. The molecule has 116 valence electrons. The highest BCUT2D eigenvalue weighted by Crippen LogP contribution is 2.26. The monoisotopic (exact) mass is 411 g/mol. The summed E-state index contributed by atoms with van der Waals surface area (Å²) in [6, 6.07) is 13.1. The maximum Gasteiger partial charge on any atom is 0.262 e. The number of rotatable bonds is 6. The predicted octanol–water partition coefficient (Wildman–Crippen LogP) is 4.02. The Morgan fingerprint density at radius 1 is 1.14 bits per heavy atom. The van der Waals surface area contributed by atoms with Gasteiger partial charge in [0.05, 0.1) is 6.61 Å². The summed E-state index contributed by atoms with van der Waals surface area (Å²) in [5.74, 6) is 1.01. The summed E-state index contributed by atoms with van der Waals surface area (Å²) in [6.07, 6.45) is 0. The van der Waals surface area contributed by atoms with Crippen molar-refractivity contribution < 1.29 is 14.3 Å². The Labute approximate surface area is 144 Å². The number of para-hydroxylation sites is 2. The summed E-state index contributed by atoms with van der Waals surface area (Å²) < 4.78 is 12.1. The first-order valence-corrected chi connectivity index (χ1v) is 8.08. The van der Waals surface area contributed by atoms with Gasteiger partial charge in [0.1, 0.15) is 0 Å². The zero-order valence-corrected chi connectivity index (χ0v) is 14.7. The van der Waals surface area contributed by atoms with Crippen LogP contribution in [-0.2, 0) is 4.79 Å². The minimum atomic E-state index is -0.203. The fourth-order valence-electron chi connectivity index (χ4n) is 1.86. The van der Waals surface area contributed by atoms with Crippen molar-refractivity contribution in [2.24, 2.45) is 0 Å². The van der Waals surface area contributed by atoms with Crippen LogP contribution < -0.4 is 14.8 Å². The predicted molar refractivity (Wildman–Crippen MR) is 95.6 cm³/mol. The number of ether oxygens (including phenoxy) is 2. The van der Waals surface area contributed by atoms with Gasteiger partial charge in [0, 0.05) is 9.26 Å². The molecule has 0 saturated heterocycles. The Bertz CT molecular complexity index is 658. The maximum atomic E-state index is 12.0. The maximum absolute atomic E-state index is 12.0. The molecule has 5 heteroatoms. The fraction of sp³-hybridized carbons (Fsp3) is 0.235. The van der Waals surface area contributed by atoms with Gasteiger partial charge in [-0.3, -0.25) is 4.79 Å². The van der Waals surface area contributed by atoms with Crippen LogP contribution in [0.3, 0.4) is 0 Å². The van der Waals surface area contributed by atoms with Gasteiger partial charge in [0.15, 0.2) is 18.1 Å². The van der Waals surface area contributed by atoms with Crippen LogP contribution in [-0.4, -0.2) is 19.1 Å². The van der Waals surface area contributed by atoms with Crippen LogP contribution in [0.5, 0.6) is 11.5 Å². The van der Waals surface area contributed by atoms with Gasteiger partial charge in [-0.25, -0.2) is 0 Å². The minimum Gasteiger partial charge on any atom is -0.490 e. The Hall–Kier alpha value is -1.76. The Balaban J connectivity index is 1.94. The average molecular weight is 411 g/mol. The van der Waals surface area contributed by atoms with Crippen molar-refractivity contribution in [2.75, 3.05) is 18.5 Å². The normalized spacial score (nSPS) is 10.1. The van der Waals surface area contributed by atoms with Crippen molar-refractivity contribution in [2.45, 2.75) is 13.8 Å². The summed E-state index contributed by atoms with van der Waals surface area (Å²) in [6.45, 7) is 4.42. The third-order valence-corrected chi connectivity index (χ3v) is 4.13.